The Morgan fingerprint density at radius 2 is 1.80 bits per heavy atom. The van der Waals surface area contributed by atoms with Crippen LogP contribution in [-0.4, -0.2) is 11.1 Å². The Morgan fingerprint density at radius 1 is 1.10 bits per heavy atom. The van der Waals surface area contributed by atoms with E-state index in [2.05, 4.69) is 71.1 Å². The van der Waals surface area contributed by atoms with Crippen LogP contribution in [0.25, 0.3) is 0 Å². The first-order chi connectivity index (χ1) is 9.61. The van der Waals surface area contributed by atoms with Gasteiger partial charge in [0.15, 0.2) is 0 Å². The minimum absolute atomic E-state index is 0.0568. The summed E-state index contributed by atoms with van der Waals surface area (Å²) in [6.07, 6.45) is 0. The molecule has 0 unspecified atom stereocenters. The molecule has 0 saturated heterocycles. The highest BCUT2D eigenvalue weighted by Gasteiger charge is 2.12. The van der Waals surface area contributed by atoms with Crippen LogP contribution in [0.3, 0.4) is 0 Å². The smallest absolute Gasteiger partial charge is 0.0692 e. The van der Waals surface area contributed by atoms with Crippen LogP contribution in [0, 0.1) is 0 Å². The van der Waals surface area contributed by atoms with Gasteiger partial charge in [-0.05, 0) is 37.1 Å². The quantitative estimate of drug-likeness (QED) is 0.878. The van der Waals surface area contributed by atoms with Crippen molar-refractivity contribution in [2.75, 3.05) is 4.90 Å². The lowest BCUT2D eigenvalue weighted by atomic mass is 10.1. The van der Waals surface area contributed by atoms with Crippen LogP contribution in [0.1, 0.15) is 25.0 Å². The lowest BCUT2D eigenvalue weighted by Crippen LogP contribution is -2.30. The standard InChI is InChI=1S/C17H20BrNO/c1-13(2)19(11-14-6-4-3-5-7-14)16-9-8-15(12-20)17(18)10-16/h3-10,13,20H,11-12H2,1-2H3. The Kier molecular flexibility index (Phi) is 5.21. The van der Waals surface area contributed by atoms with Crippen LogP contribution >= 0.6 is 15.9 Å². The lowest BCUT2D eigenvalue weighted by Gasteiger charge is -2.29. The van der Waals surface area contributed by atoms with Gasteiger partial charge >= 0.3 is 0 Å². The highest BCUT2D eigenvalue weighted by Crippen LogP contribution is 2.26. The maximum Gasteiger partial charge on any atom is 0.0692 e. The molecule has 0 aliphatic carbocycles. The molecular formula is C17H20BrNO. The van der Waals surface area contributed by atoms with Crippen molar-refractivity contribution in [3.05, 3.63) is 64.1 Å². The summed E-state index contributed by atoms with van der Waals surface area (Å²) in [6.45, 7) is 5.32. The topological polar surface area (TPSA) is 23.5 Å². The number of anilines is 1. The Hall–Kier alpha value is -1.32. The average Bonchev–Trinajstić information content (AvgIpc) is 2.45. The highest BCUT2D eigenvalue weighted by molar-refractivity contribution is 9.10. The summed E-state index contributed by atoms with van der Waals surface area (Å²) in [5, 5.41) is 9.25. The van der Waals surface area contributed by atoms with Crippen molar-refractivity contribution in [1.82, 2.24) is 0 Å². The fourth-order valence-corrected chi connectivity index (χ4v) is 2.69. The monoisotopic (exact) mass is 333 g/mol. The number of halogens is 1. The molecule has 0 spiro atoms. The third kappa shape index (κ3) is 3.62. The van der Waals surface area contributed by atoms with Crippen LogP contribution in [0.15, 0.2) is 53.0 Å². The third-order valence-corrected chi connectivity index (χ3v) is 4.10. The molecule has 0 fully saturated rings. The summed E-state index contributed by atoms with van der Waals surface area (Å²) >= 11 is 3.52. The van der Waals surface area contributed by atoms with E-state index in [0.29, 0.717) is 6.04 Å². The first kappa shape index (κ1) is 15.1. The van der Waals surface area contributed by atoms with Crippen molar-refractivity contribution in [3.63, 3.8) is 0 Å². The van der Waals surface area contributed by atoms with Crippen LogP contribution < -0.4 is 4.90 Å². The Morgan fingerprint density at radius 3 is 2.35 bits per heavy atom. The van der Waals surface area contributed by atoms with Gasteiger partial charge in [-0.1, -0.05) is 52.3 Å². The van der Waals surface area contributed by atoms with E-state index in [1.165, 1.54) is 5.56 Å². The SMILES string of the molecule is CC(C)N(Cc1ccccc1)c1ccc(CO)c(Br)c1. The molecular weight excluding hydrogens is 314 g/mol. The summed E-state index contributed by atoms with van der Waals surface area (Å²) < 4.78 is 0.955. The van der Waals surface area contributed by atoms with Crippen molar-refractivity contribution < 1.29 is 5.11 Å². The molecule has 0 aliphatic rings. The Labute approximate surface area is 129 Å². The number of rotatable bonds is 5. The Balaban J connectivity index is 2.27. The van der Waals surface area contributed by atoms with Gasteiger partial charge in [0, 0.05) is 22.7 Å². The molecule has 3 heteroatoms. The molecule has 0 atom stereocenters. The maximum absolute atomic E-state index is 9.25. The van der Waals surface area contributed by atoms with Crippen LogP contribution in [0.5, 0.6) is 0 Å². The van der Waals surface area contributed by atoms with Gasteiger partial charge in [0.25, 0.3) is 0 Å². The van der Waals surface area contributed by atoms with E-state index in [4.69, 9.17) is 0 Å². The number of nitrogens with zero attached hydrogens (tertiary/aromatic N) is 1. The number of benzene rings is 2. The minimum atomic E-state index is 0.0568. The van der Waals surface area contributed by atoms with Crippen molar-refractivity contribution in [1.29, 1.82) is 0 Å². The molecule has 0 aliphatic heterocycles. The van der Waals surface area contributed by atoms with Gasteiger partial charge in [0.05, 0.1) is 6.61 Å². The molecule has 1 N–H and O–H groups in total. The van der Waals surface area contributed by atoms with E-state index in [-0.39, 0.29) is 6.61 Å². The van der Waals surface area contributed by atoms with Gasteiger partial charge in [-0.25, -0.2) is 0 Å². The largest absolute Gasteiger partial charge is 0.392 e. The van der Waals surface area contributed by atoms with Gasteiger partial charge in [-0.3, -0.25) is 0 Å². The summed E-state index contributed by atoms with van der Waals surface area (Å²) in [5.74, 6) is 0. The van der Waals surface area contributed by atoms with Gasteiger partial charge < -0.3 is 10.0 Å². The second-order valence-corrected chi connectivity index (χ2v) is 6.00. The van der Waals surface area contributed by atoms with E-state index in [0.717, 1.165) is 22.3 Å². The molecule has 0 aromatic heterocycles. The maximum atomic E-state index is 9.25. The molecule has 2 aromatic rings. The number of hydrogen-bond donors (Lipinski definition) is 1. The van der Waals surface area contributed by atoms with Crippen molar-refractivity contribution in [2.45, 2.75) is 33.0 Å². The second kappa shape index (κ2) is 6.91. The molecule has 2 rings (SSSR count). The number of hydrogen-bond acceptors (Lipinski definition) is 2. The predicted octanol–water partition coefficient (Wildman–Crippen LogP) is 4.36. The molecule has 0 saturated carbocycles. The van der Waals surface area contributed by atoms with Gasteiger partial charge in [-0.2, -0.15) is 0 Å². The normalized spacial score (nSPS) is 10.8. The highest BCUT2D eigenvalue weighted by atomic mass is 79.9. The average molecular weight is 334 g/mol. The van der Waals surface area contributed by atoms with Crippen molar-refractivity contribution >= 4 is 21.6 Å². The molecule has 0 bridgehead atoms. The van der Waals surface area contributed by atoms with E-state index in [1.54, 1.807) is 0 Å². The molecule has 2 nitrogen and oxygen atoms in total. The van der Waals surface area contributed by atoms with Crippen LogP contribution in [0.4, 0.5) is 5.69 Å². The number of aliphatic hydroxyl groups is 1. The molecule has 0 amide bonds. The van der Waals surface area contributed by atoms with Crippen molar-refractivity contribution in [3.8, 4) is 0 Å². The molecule has 20 heavy (non-hydrogen) atoms. The molecule has 106 valence electrons. The second-order valence-electron chi connectivity index (χ2n) is 5.14. The van der Waals surface area contributed by atoms with Crippen molar-refractivity contribution in [2.24, 2.45) is 0 Å². The van der Waals surface area contributed by atoms with E-state index < -0.39 is 0 Å². The van der Waals surface area contributed by atoms with Crippen LogP contribution in [-0.2, 0) is 13.2 Å². The zero-order valence-corrected chi connectivity index (χ0v) is 13.5. The zero-order chi connectivity index (χ0) is 14.5. The molecule has 0 radical (unpaired) electrons. The summed E-state index contributed by atoms with van der Waals surface area (Å²) in [6, 6.07) is 17.0. The van der Waals surface area contributed by atoms with E-state index in [1.807, 2.05) is 12.1 Å². The fourth-order valence-electron chi connectivity index (χ4n) is 2.20. The fraction of sp³-hybridized carbons (Fsp3) is 0.294. The lowest BCUT2D eigenvalue weighted by molar-refractivity contribution is 0.281. The third-order valence-electron chi connectivity index (χ3n) is 3.36. The first-order valence-electron chi connectivity index (χ1n) is 6.81. The van der Waals surface area contributed by atoms with Gasteiger partial charge in [0.2, 0.25) is 0 Å². The summed E-state index contributed by atoms with van der Waals surface area (Å²) in [5.41, 5.74) is 3.37. The number of aliphatic hydroxyl groups excluding tert-OH is 1. The van der Waals surface area contributed by atoms with Gasteiger partial charge in [0.1, 0.15) is 0 Å². The summed E-state index contributed by atoms with van der Waals surface area (Å²) in [7, 11) is 0. The molecule has 2 aromatic carbocycles. The Bertz CT molecular complexity index is 554. The first-order valence-corrected chi connectivity index (χ1v) is 7.61. The minimum Gasteiger partial charge on any atom is -0.392 e. The predicted molar refractivity (Wildman–Crippen MR) is 87.8 cm³/mol. The zero-order valence-electron chi connectivity index (χ0n) is 11.9. The van der Waals surface area contributed by atoms with Crippen LogP contribution in [0.2, 0.25) is 0 Å². The van der Waals surface area contributed by atoms with E-state index >= 15 is 0 Å². The van der Waals surface area contributed by atoms with Gasteiger partial charge in [-0.15, -0.1) is 0 Å². The van der Waals surface area contributed by atoms with E-state index in [9.17, 15) is 5.11 Å². The summed E-state index contributed by atoms with van der Waals surface area (Å²) in [4.78, 5) is 2.35. The molecule has 0 heterocycles.